The van der Waals surface area contributed by atoms with Crippen molar-refractivity contribution in [1.29, 1.82) is 0 Å². The molecule has 1 saturated carbocycles. The van der Waals surface area contributed by atoms with Crippen molar-refractivity contribution in [2.75, 3.05) is 0 Å². The Bertz CT molecular complexity index is 192. The van der Waals surface area contributed by atoms with Crippen LogP contribution in [0.5, 0.6) is 0 Å². The molecule has 14 heavy (non-hydrogen) atoms. The summed E-state index contributed by atoms with van der Waals surface area (Å²) < 4.78 is 0. The van der Waals surface area contributed by atoms with Crippen molar-refractivity contribution < 1.29 is 0 Å². The fraction of sp³-hybridized carbons (Fsp3) is 0.857. The third-order valence-electron chi connectivity index (χ3n) is 3.27. The molecule has 0 amide bonds. The van der Waals surface area contributed by atoms with Gasteiger partial charge < -0.3 is 0 Å². The Hall–Kier alpha value is -0.440. The van der Waals surface area contributed by atoms with E-state index in [4.69, 9.17) is 0 Å². The van der Waals surface area contributed by atoms with Gasteiger partial charge in [0.05, 0.1) is 0 Å². The molecule has 80 valence electrons. The highest BCUT2D eigenvalue weighted by molar-refractivity contribution is 5.12. The van der Waals surface area contributed by atoms with Crippen LogP contribution in [0.25, 0.3) is 0 Å². The Labute approximate surface area is 89.5 Å². The summed E-state index contributed by atoms with van der Waals surface area (Å²) in [5.41, 5.74) is 0.419. The first-order valence-corrected chi connectivity index (χ1v) is 6.33. The summed E-state index contributed by atoms with van der Waals surface area (Å²) in [4.78, 5) is 0. The van der Waals surface area contributed by atoms with Gasteiger partial charge >= 0.3 is 0 Å². The smallest absolute Gasteiger partial charge is 0.0314 e. The summed E-state index contributed by atoms with van der Waals surface area (Å²) in [7, 11) is 0. The molecule has 0 aromatic carbocycles. The highest BCUT2D eigenvalue weighted by Crippen LogP contribution is 2.39. The van der Waals surface area contributed by atoms with E-state index in [9.17, 15) is 0 Å². The average molecular weight is 192 g/mol. The van der Waals surface area contributed by atoms with Crippen LogP contribution in [0.15, 0.2) is 0 Å². The molecule has 0 aromatic rings. The minimum atomic E-state index is 0.419. The quantitative estimate of drug-likeness (QED) is 0.576. The zero-order valence-corrected chi connectivity index (χ0v) is 9.86. The Morgan fingerprint density at radius 3 is 2.29 bits per heavy atom. The van der Waals surface area contributed by atoms with Crippen molar-refractivity contribution in [3.8, 4) is 11.8 Å². The summed E-state index contributed by atoms with van der Waals surface area (Å²) in [6.07, 6.45) is 11.9. The van der Waals surface area contributed by atoms with Crippen LogP contribution >= 0.6 is 0 Å². The first kappa shape index (κ1) is 11.6. The second-order valence-electron chi connectivity index (χ2n) is 4.64. The first-order valence-electron chi connectivity index (χ1n) is 6.33. The molecule has 0 heterocycles. The molecule has 0 unspecified atom stereocenters. The molecule has 0 bridgehead atoms. The Kier molecular flexibility index (Phi) is 5.09. The Morgan fingerprint density at radius 1 is 1.00 bits per heavy atom. The van der Waals surface area contributed by atoms with Crippen LogP contribution in [0, 0.1) is 17.3 Å². The molecule has 0 radical (unpaired) electrons. The van der Waals surface area contributed by atoms with Gasteiger partial charge in [-0.3, -0.25) is 0 Å². The third kappa shape index (κ3) is 3.37. The van der Waals surface area contributed by atoms with Crippen LogP contribution in [0.3, 0.4) is 0 Å². The first-order chi connectivity index (χ1) is 6.83. The summed E-state index contributed by atoms with van der Waals surface area (Å²) in [5, 5.41) is 0. The van der Waals surface area contributed by atoms with Crippen LogP contribution in [0.4, 0.5) is 0 Å². The maximum absolute atomic E-state index is 3.59. The number of rotatable bonds is 3. The maximum Gasteiger partial charge on any atom is 0.0314 e. The van der Waals surface area contributed by atoms with Gasteiger partial charge in [0.25, 0.3) is 0 Å². The van der Waals surface area contributed by atoms with Crippen LogP contribution in [0.1, 0.15) is 71.6 Å². The second kappa shape index (κ2) is 6.12. The lowest BCUT2D eigenvalue weighted by Gasteiger charge is -2.32. The molecular formula is C14H24. The molecule has 0 N–H and O–H groups in total. The van der Waals surface area contributed by atoms with Gasteiger partial charge in [-0.1, -0.05) is 45.5 Å². The molecule has 0 spiro atoms. The van der Waals surface area contributed by atoms with E-state index in [0.29, 0.717) is 5.41 Å². The lowest BCUT2D eigenvalue weighted by Crippen LogP contribution is -2.21. The molecule has 0 aliphatic heterocycles. The van der Waals surface area contributed by atoms with E-state index in [1.54, 1.807) is 0 Å². The number of hydrogen-bond acceptors (Lipinski definition) is 0. The van der Waals surface area contributed by atoms with E-state index in [-0.39, 0.29) is 0 Å². The molecule has 1 aliphatic rings. The van der Waals surface area contributed by atoms with E-state index in [2.05, 4.69) is 25.7 Å². The van der Waals surface area contributed by atoms with Crippen molar-refractivity contribution in [3.63, 3.8) is 0 Å². The van der Waals surface area contributed by atoms with Gasteiger partial charge in [-0.25, -0.2) is 0 Å². The molecule has 0 nitrogen and oxygen atoms in total. The Morgan fingerprint density at radius 2 is 1.71 bits per heavy atom. The molecule has 1 fully saturated rings. The molecule has 0 saturated heterocycles. The highest BCUT2D eigenvalue weighted by Gasteiger charge is 2.28. The standard InChI is InChI=1S/C14H24/c1-3-5-7-11-14(10-4-2)12-8-6-9-13-14/h3-6,8-10,12-13H2,1-2H3. The van der Waals surface area contributed by atoms with Crippen LogP contribution in [-0.2, 0) is 0 Å². The van der Waals surface area contributed by atoms with Gasteiger partial charge in [0.2, 0.25) is 0 Å². The predicted octanol–water partition coefficient (Wildman–Crippen LogP) is 4.54. The Balaban J connectivity index is 2.56. The van der Waals surface area contributed by atoms with Gasteiger partial charge in [0.1, 0.15) is 0 Å². The molecule has 1 rings (SSSR count). The predicted molar refractivity (Wildman–Crippen MR) is 63.1 cm³/mol. The minimum Gasteiger partial charge on any atom is -0.103 e. The van der Waals surface area contributed by atoms with Crippen molar-refractivity contribution in [3.05, 3.63) is 0 Å². The van der Waals surface area contributed by atoms with Gasteiger partial charge in [-0.15, -0.1) is 5.92 Å². The fourth-order valence-corrected chi connectivity index (χ4v) is 2.52. The lowest BCUT2D eigenvalue weighted by molar-refractivity contribution is 0.250. The fourth-order valence-electron chi connectivity index (χ4n) is 2.52. The number of unbranched alkanes of at least 4 members (excludes halogenated alkanes) is 1. The topological polar surface area (TPSA) is 0 Å². The monoisotopic (exact) mass is 192 g/mol. The molecule has 0 atom stereocenters. The third-order valence-corrected chi connectivity index (χ3v) is 3.27. The van der Waals surface area contributed by atoms with E-state index < -0.39 is 0 Å². The molecular weight excluding hydrogens is 168 g/mol. The SMILES string of the molecule is CCCC#CC1(CCC)CCCCC1. The van der Waals surface area contributed by atoms with Gasteiger partial charge in [-0.05, 0) is 25.7 Å². The summed E-state index contributed by atoms with van der Waals surface area (Å²) in [6, 6.07) is 0. The van der Waals surface area contributed by atoms with Gasteiger partial charge in [-0.2, -0.15) is 0 Å². The summed E-state index contributed by atoms with van der Waals surface area (Å²) in [5.74, 6) is 6.97. The van der Waals surface area contributed by atoms with Crippen LogP contribution < -0.4 is 0 Å². The number of hydrogen-bond donors (Lipinski definition) is 0. The van der Waals surface area contributed by atoms with Crippen molar-refractivity contribution >= 4 is 0 Å². The van der Waals surface area contributed by atoms with E-state index in [0.717, 1.165) is 6.42 Å². The molecule has 1 aliphatic carbocycles. The normalized spacial score (nSPS) is 19.9. The maximum atomic E-state index is 3.59. The summed E-state index contributed by atoms with van der Waals surface area (Å²) >= 11 is 0. The van der Waals surface area contributed by atoms with Crippen molar-refractivity contribution in [2.45, 2.75) is 71.6 Å². The zero-order chi connectivity index (χ0) is 10.3. The zero-order valence-electron chi connectivity index (χ0n) is 9.86. The molecule has 0 heteroatoms. The van der Waals surface area contributed by atoms with E-state index in [1.807, 2.05) is 0 Å². The average Bonchev–Trinajstić information content (AvgIpc) is 2.20. The summed E-state index contributed by atoms with van der Waals surface area (Å²) in [6.45, 7) is 4.50. The lowest BCUT2D eigenvalue weighted by atomic mass is 9.72. The second-order valence-corrected chi connectivity index (χ2v) is 4.64. The van der Waals surface area contributed by atoms with Crippen LogP contribution in [-0.4, -0.2) is 0 Å². The van der Waals surface area contributed by atoms with Gasteiger partial charge in [0, 0.05) is 11.8 Å². The van der Waals surface area contributed by atoms with E-state index in [1.165, 1.54) is 51.4 Å². The van der Waals surface area contributed by atoms with Crippen molar-refractivity contribution in [2.24, 2.45) is 5.41 Å². The highest BCUT2D eigenvalue weighted by atomic mass is 14.3. The largest absolute Gasteiger partial charge is 0.103 e. The van der Waals surface area contributed by atoms with Crippen molar-refractivity contribution in [1.82, 2.24) is 0 Å². The van der Waals surface area contributed by atoms with Crippen LogP contribution in [0.2, 0.25) is 0 Å². The molecule has 0 aromatic heterocycles. The minimum absolute atomic E-state index is 0.419. The van der Waals surface area contributed by atoms with Gasteiger partial charge in [0.15, 0.2) is 0 Å². The van der Waals surface area contributed by atoms with E-state index >= 15 is 0 Å².